The molecule has 0 aromatic heterocycles. The molecule has 0 bridgehead atoms. The Kier molecular flexibility index (Phi) is 6.51. The van der Waals surface area contributed by atoms with Crippen LogP contribution in [0.2, 0.25) is 0 Å². The van der Waals surface area contributed by atoms with Crippen molar-refractivity contribution in [3.63, 3.8) is 0 Å². The van der Waals surface area contributed by atoms with Crippen molar-refractivity contribution in [3.05, 3.63) is 53.8 Å². The van der Waals surface area contributed by atoms with E-state index in [1.807, 2.05) is 4.90 Å². The van der Waals surface area contributed by atoms with E-state index >= 15 is 0 Å². The van der Waals surface area contributed by atoms with Gasteiger partial charge in [0.1, 0.15) is 11.6 Å². The minimum Gasteiger partial charge on any atom is -0.495 e. The molecule has 0 spiro atoms. The summed E-state index contributed by atoms with van der Waals surface area (Å²) >= 11 is 0. The molecule has 0 atom stereocenters. The third-order valence-corrected chi connectivity index (χ3v) is 6.70. The third kappa shape index (κ3) is 4.92. The lowest BCUT2D eigenvalue weighted by atomic mass is 10.2. The number of sulfonamides is 1. The molecule has 1 heterocycles. The number of benzene rings is 2. The van der Waals surface area contributed by atoms with Gasteiger partial charge in [-0.05, 0) is 24.3 Å². The molecule has 2 aromatic carbocycles. The van der Waals surface area contributed by atoms with Crippen LogP contribution in [-0.2, 0) is 21.4 Å². The summed E-state index contributed by atoms with van der Waals surface area (Å²) in [6, 6.07) is 11.0. The number of halogens is 1. The van der Waals surface area contributed by atoms with Crippen molar-refractivity contribution in [2.24, 2.45) is 0 Å². The van der Waals surface area contributed by atoms with Crippen LogP contribution in [0.15, 0.2) is 47.4 Å². The zero-order valence-corrected chi connectivity index (χ0v) is 17.2. The van der Waals surface area contributed by atoms with Gasteiger partial charge in [-0.3, -0.25) is 9.69 Å². The van der Waals surface area contributed by atoms with E-state index in [9.17, 15) is 17.6 Å². The van der Waals surface area contributed by atoms with E-state index in [0.717, 1.165) is 0 Å². The second kappa shape index (κ2) is 8.89. The lowest BCUT2D eigenvalue weighted by molar-refractivity contribution is -0.114. The molecule has 1 aliphatic heterocycles. The number of rotatable bonds is 6. The molecule has 0 radical (unpaired) electrons. The van der Waals surface area contributed by atoms with Crippen LogP contribution in [0.3, 0.4) is 0 Å². The molecule has 3 rings (SSSR count). The van der Waals surface area contributed by atoms with Crippen molar-refractivity contribution in [1.29, 1.82) is 0 Å². The van der Waals surface area contributed by atoms with E-state index in [2.05, 4.69) is 5.32 Å². The van der Waals surface area contributed by atoms with Gasteiger partial charge in [-0.25, -0.2) is 12.8 Å². The number of carbonyl (C=O) groups excluding carboxylic acids is 1. The number of hydrogen-bond acceptors (Lipinski definition) is 5. The fourth-order valence-corrected chi connectivity index (χ4v) is 4.73. The average Bonchev–Trinajstić information content (AvgIpc) is 2.69. The maximum atomic E-state index is 13.8. The van der Waals surface area contributed by atoms with Crippen molar-refractivity contribution in [3.8, 4) is 5.75 Å². The van der Waals surface area contributed by atoms with Crippen LogP contribution in [0.4, 0.5) is 10.1 Å². The van der Waals surface area contributed by atoms with Crippen molar-refractivity contribution in [1.82, 2.24) is 9.21 Å². The molecular weight excluding hydrogens is 397 g/mol. The van der Waals surface area contributed by atoms with Gasteiger partial charge in [0.25, 0.3) is 0 Å². The summed E-state index contributed by atoms with van der Waals surface area (Å²) in [6.45, 7) is 3.40. The van der Waals surface area contributed by atoms with Crippen LogP contribution in [0.5, 0.6) is 5.75 Å². The van der Waals surface area contributed by atoms with Crippen molar-refractivity contribution < 1.29 is 22.3 Å². The highest BCUT2D eigenvalue weighted by molar-refractivity contribution is 7.89. The molecular formula is C20H24FN3O4S. The lowest BCUT2D eigenvalue weighted by Crippen LogP contribution is -2.48. The Morgan fingerprint density at radius 2 is 1.83 bits per heavy atom. The van der Waals surface area contributed by atoms with Gasteiger partial charge in [0, 0.05) is 45.2 Å². The maximum absolute atomic E-state index is 13.8. The first-order chi connectivity index (χ1) is 13.8. The predicted molar refractivity (Wildman–Crippen MR) is 108 cm³/mol. The fourth-order valence-electron chi connectivity index (χ4n) is 3.28. The Balaban J connectivity index is 1.71. The van der Waals surface area contributed by atoms with E-state index in [1.54, 1.807) is 18.2 Å². The lowest BCUT2D eigenvalue weighted by Gasteiger charge is -2.34. The van der Waals surface area contributed by atoms with Gasteiger partial charge in [-0.15, -0.1) is 0 Å². The van der Waals surface area contributed by atoms with Crippen LogP contribution in [0.25, 0.3) is 0 Å². The molecule has 1 aliphatic rings. The molecule has 1 N–H and O–H groups in total. The molecule has 7 nitrogen and oxygen atoms in total. The molecule has 1 saturated heterocycles. The number of nitrogens with zero attached hydrogens (tertiary/aromatic N) is 2. The summed E-state index contributed by atoms with van der Waals surface area (Å²) in [6.07, 6.45) is 0. The number of methoxy groups -OCH3 is 1. The van der Waals surface area contributed by atoms with Gasteiger partial charge in [0.2, 0.25) is 15.9 Å². The normalized spacial score (nSPS) is 15.8. The number of nitrogens with one attached hydrogen (secondary N) is 1. The highest BCUT2D eigenvalue weighted by Crippen LogP contribution is 2.29. The molecule has 0 saturated carbocycles. The summed E-state index contributed by atoms with van der Waals surface area (Å²) in [5.74, 6) is -0.195. The van der Waals surface area contributed by atoms with Gasteiger partial charge in [0.15, 0.2) is 0 Å². The predicted octanol–water partition coefficient (Wildman–Crippen LogP) is 2.30. The first-order valence-corrected chi connectivity index (χ1v) is 10.7. The SMILES string of the molecule is COc1ccc(S(=O)(=O)N2CCN(Cc3ccccc3F)CC2)cc1NC(C)=O. The summed E-state index contributed by atoms with van der Waals surface area (Å²) < 4.78 is 46.5. The quantitative estimate of drug-likeness (QED) is 0.774. The fraction of sp³-hybridized carbons (Fsp3) is 0.350. The highest BCUT2D eigenvalue weighted by Gasteiger charge is 2.29. The molecule has 29 heavy (non-hydrogen) atoms. The second-order valence-corrected chi connectivity index (χ2v) is 8.75. The molecule has 1 amide bonds. The largest absolute Gasteiger partial charge is 0.495 e. The number of amides is 1. The average molecular weight is 421 g/mol. The van der Waals surface area contributed by atoms with Gasteiger partial charge in [0.05, 0.1) is 17.7 Å². The van der Waals surface area contributed by atoms with Gasteiger partial charge in [-0.2, -0.15) is 4.31 Å². The molecule has 2 aromatic rings. The summed E-state index contributed by atoms with van der Waals surface area (Å²) in [5.41, 5.74) is 0.901. The van der Waals surface area contributed by atoms with E-state index in [1.165, 1.54) is 42.6 Å². The first kappa shape index (κ1) is 21.2. The third-order valence-electron chi connectivity index (χ3n) is 4.80. The van der Waals surface area contributed by atoms with Crippen LogP contribution in [-0.4, -0.2) is 56.8 Å². The van der Waals surface area contributed by atoms with Crippen molar-refractivity contribution >= 4 is 21.6 Å². The van der Waals surface area contributed by atoms with Crippen LogP contribution >= 0.6 is 0 Å². The molecule has 156 valence electrons. The smallest absolute Gasteiger partial charge is 0.243 e. The molecule has 9 heteroatoms. The summed E-state index contributed by atoms with van der Waals surface area (Å²) in [5, 5.41) is 2.59. The zero-order chi connectivity index (χ0) is 21.0. The van der Waals surface area contributed by atoms with Gasteiger partial charge < -0.3 is 10.1 Å². The molecule has 0 unspecified atom stereocenters. The van der Waals surface area contributed by atoms with Crippen LogP contribution in [0.1, 0.15) is 12.5 Å². The Hall–Kier alpha value is -2.49. The van der Waals surface area contributed by atoms with Crippen molar-refractivity contribution in [2.45, 2.75) is 18.4 Å². The van der Waals surface area contributed by atoms with Crippen molar-refractivity contribution in [2.75, 3.05) is 38.6 Å². The van der Waals surface area contributed by atoms with Gasteiger partial charge in [-0.1, -0.05) is 18.2 Å². The monoisotopic (exact) mass is 421 g/mol. The number of ether oxygens (including phenoxy) is 1. The topological polar surface area (TPSA) is 79.0 Å². The maximum Gasteiger partial charge on any atom is 0.243 e. The van der Waals surface area contributed by atoms with E-state index in [0.29, 0.717) is 49.7 Å². The first-order valence-electron chi connectivity index (χ1n) is 9.23. The van der Waals surface area contributed by atoms with E-state index in [-0.39, 0.29) is 16.6 Å². The number of anilines is 1. The van der Waals surface area contributed by atoms with E-state index in [4.69, 9.17) is 4.74 Å². The van der Waals surface area contributed by atoms with Gasteiger partial charge >= 0.3 is 0 Å². The molecule has 1 fully saturated rings. The summed E-state index contributed by atoms with van der Waals surface area (Å²) in [4.78, 5) is 13.5. The standard InChI is InChI=1S/C20H24FN3O4S/c1-15(25)22-19-13-17(7-8-20(19)28-2)29(26,27)24-11-9-23(10-12-24)14-16-5-3-4-6-18(16)21/h3-8,13H,9-12,14H2,1-2H3,(H,22,25). The Morgan fingerprint density at radius 3 is 2.45 bits per heavy atom. The van der Waals surface area contributed by atoms with Crippen LogP contribution < -0.4 is 10.1 Å². The van der Waals surface area contributed by atoms with E-state index < -0.39 is 10.0 Å². The number of carbonyl (C=O) groups is 1. The Labute approximate surface area is 170 Å². The minimum absolute atomic E-state index is 0.0876. The highest BCUT2D eigenvalue weighted by atomic mass is 32.2. The van der Waals surface area contributed by atoms with Crippen LogP contribution in [0, 0.1) is 5.82 Å². The Bertz CT molecular complexity index is 989. The molecule has 0 aliphatic carbocycles. The number of piperazine rings is 1. The Morgan fingerprint density at radius 1 is 1.14 bits per heavy atom. The summed E-state index contributed by atoms with van der Waals surface area (Å²) in [7, 11) is -2.28. The number of hydrogen-bond donors (Lipinski definition) is 1. The second-order valence-electron chi connectivity index (χ2n) is 6.81. The minimum atomic E-state index is -3.72. The zero-order valence-electron chi connectivity index (χ0n) is 16.4.